The van der Waals surface area contributed by atoms with E-state index in [4.69, 9.17) is 4.74 Å². The summed E-state index contributed by atoms with van der Waals surface area (Å²) in [4.78, 5) is 16.7. The average molecular weight is 295 g/mol. The molecule has 1 saturated carbocycles. The molecule has 2 aromatic rings. The van der Waals surface area contributed by atoms with Crippen molar-refractivity contribution in [3.63, 3.8) is 0 Å². The third-order valence-electron chi connectivity index (χ3n) is 4.29. The van der Waals surface area contributed by atoms with Crippen molar-refractivity contribution >= 4 is 23.0 Å². The van der Waals surface area contributed by atoms with Crippen molar-refractivity contribution in [3.05, 3.63) is 45.4 Å². The minimum absolute atomic E-state index is 0.0708. The van der Waals surface area contributed by atoms with Gasteiger partial charge >= 0.3 is 0 Å². The Morgan fingerprint density at radius 1 is 1.32 bits per heavy atom. The molecular weight excluding hydrogens is 278 g/mol. The van der Waals surface area contributed by atoms with E-state index in [9.17, 15) is 4.79 Å². The molecule has 1 aromatic carbocycles. The second-order valence-corrected chi connectivity index (χ2v) is 5.82. The zero-order valence-corrected chi connectivity index (χ0v) is 12.6. The Bertz CT molecular complexity index is 866. The quantitative estimate of drug-likeness (QED) is 0.912. The van der Waals surface area contributed by atoms with Crippen LogP contribution in [0.15, 0.2) is 28.0 Å². The number of hydrogen-bond acceptors (Lipinski definition) is 3. The smallest absolute Gasteiger partial charge is 0.271 e. The van der Waals surface area contributed by atoms with Crippen LogP contribution in [-0.2, 0) is 0 Å². The molecule has 112 valence electrons. The van der Waals surface area contributed by atoms with Gasteiger partial charge in [-0.3, -0.25) is 14.9 Å². The van der Waals surface area contributed by atoms with Crippen LogP contribution in [0.25, 0.3) is 11.6 Å². The molecule has 2 heterocycles. The molecule has 0 radical (unpaired) electrons. The zero-order valence-electron chi connectivity index (χ0n) is 12.6. The summed E-state index contributed by atoms with van der Waals surface area (Å²) in [6, 6.07) is 5.82. The van der Waals surface area contributed by atoms with Crippen LogP contribution in [0.4, 0.5) is 5.69 Å². The number of aromatic amines is 2. The standard InChI is InChI=1S/C17H17N3O2/c1-9-12(13-7-11(22-2)5-6-15(13)18-9)8-14-16(10-3-4-10)19-20-17(14)21/h5-8,10H,3-4H2,1-2H3,(H2,19,20,21). The average Bonchev–Trinajstić information content (AvgIpc) is 3.23. The largest absolute Gasteiger partial charge is 0.497 e. The first kappa shape index (κ1) is 13.1. The lowest BCUT2D eigenvalue weighted by Crippen LogP contribution is -2.03. The summed E-state index contributed by atoms with van der Waals surface area (Å²) in [5, 5.41) is 5.73. The van der Waals surface area contributed by atoms with Crippen LogP contribution in [0.1, 0.15) is 42.5 Å². The van der Waals surface area contributed by atoms with Crippen molar-refractivity contribution in [1.29, 1.82) is 0 Å². The summed E-state index contributed by atoms with van der Waals surface area (Å²) in [5.41, 5.74) is 5.51. The van der Waals surface area contributed by atoms with Gasteiger partial charge in [0.15, 0.2) is 0 Å². The van der Waals surface area contributed by atoms with Gasteiger partial charge in [0.2, 0.25) is 0 Å². The van der Waals surface area contributed by atoms with Gasteiger partial charge in [0, 0.05) is 28.5 Å². The van der Waals surface area contributed by atoms with Crippen LogP contribution in [0, 0.1) is 0 Å². The van der Waals surface area contributed by atoms with Crippen LogP contribution >= 0.6 is 0 Å². The Hall–Kier alpha value is -2.56. The zero-order chi connectivity index (χ0) is 15.3. The maximum Gasteiger partial charge on any atom is 0.271 e. The molecule has 0 saturated heterocycles. The third-order valence-corrected chi connectivity index (χ3v) is 4.29. The summed E-state index contributed by atoms with van der Waals surface area (Å²) in [7, 11) is 1.65. The highest BCUT2D eigenvalue weighted by atomic mass is 16.5. The molecule has 0 atom stereocenters. The Balaban J connectivity index is 1.86. The minimum Gasteiger partial charge on any atom is -0.497 e. The Morgan fingerprint density at radius 2 is 2.14 bits per heavy atom. The number of hydrogen-bond donors (Lipinski definition) is 2. The fraction of sp³-hybridized carbons (Fsp3) is 0.294. The lowest BCUT2D eigenvalue weighted by atomic mass is 10.00. The number of allylic oxidation sites excluding steroid dienone is 1. The number of nitrogens with zero attached hydrogens (tertiary/aromatic N) is 1. The van der Waals surface area contributed by atoms with Gasteiger partial charge in [-0.05, 0) is 44.0 Å². The lowest BCUT2D eigenvalue weighted by Gasteiger charge is -2.05. The summed E-state index contributed by atoms with van der Waals surface area (Å²) >= 11 is 0. The summed E-state index contributed by atoms with van der Waals surface area (Å²) in [6.07, 6.45) is 4.23. The topological polar surface area (TPSA) is 70.2 Å². The van der Waals surface area contributed by atoms with Crippen molar-refractivity contribution in [3.8, 4) is 5.75 Å². The predicted octanol–water partition coefficient (Wildman–Crippen LogP) is 3.24. The van der Waals surface area contributed by atoms with Crippen LogP contribution in [0.3, 0.4) is 0 Å². The highest BCUT2D eigenvalue weighted by Gasteiger charge is 2.29. The molecule has 2 N–H and O–H groups in total. The number of fused-ring (bicyclic) bond motifs is 1. The van der Waals surface area contributed by atoms with E-state index in [1.165, 1.54) is 0 Å². The molecule has 1 fully saturated rings. The monoisotopic (exact) mass is 295 g/mol. The second-order valence-electron chi connectivity index (χ2n) is 5.82. The third kappa shape index (κ3) is 2.01. The summed E-state index contributed by atoms with van der Waals surface area (Å²) in [6.45, 7) is 1.97. The molecule has 1 aliphatic heterocycles. The highest BCUT2D eigenvalue weighted by Crippen LogP contribution is 2.42. The number of ether oxygens (including phenoxy) is 1. The van der Waals surface area contributed by atoms with E-state index in [0.717, 1.165) is 52.4 Å². The molecule has 5 nitrogen and oxygen atoms in total. The molecule has 0 unspecified atom stereocenters. The Morgan fingerprint density at radius 3 is 2.86 bits per heavy atom. The molecular formula is C17H17N3O2. The first-order valence-corrected chi connectivity index (χ1v) is 7.43. The van der Waals surface area contributed by atoms with Crippen LogP contribution in [0.5, 0.6) is 5.75 Å². The van der Waals surface area contributed by atoms with Gasteiger partial charge < -0.3 is 9.84 Å². The van der Waals surface area contributed by atoms with E-state index in [2.05, 4.69) is 15.2 Å². The van der Waals surface area contributed by atoms with E-state index in [-0.39, 0.29) is 5.56 Å². The van der Waals surface area contributed by atoms with Gasteiger partial charge in [0.1, 0.15) is 5.75 Å². The summed E-state index contributed by atoms with van der Waals surface area (Å²) in [5.74, 6) is 1.27. The van der Waals surface area contributed by atoms with E-state index < -0.39 is 0 Å². The van der Waals surface area contributed by atoms with Gasteiger partial charge in [-0.1, -0.05) is 0 Å². The highest BCUT2D eigenvalue weighted by molar-refractivity contribution is 6.31. The number of aliphatic imine (C=N–C) groups is 1. The second kappa shape index (κ2) is 4.73. The molecule has 22 heavy (non-hydrogen) atoms. The number of rotatable bonds is 3. The van der Waals surface area contributed by atoms with Crippen LogP contribution < -0.4 is 10.3 Å². The number of benzene rings is 1. The number of nitrogens with one attached hydrogen (secondary N) is 2. The van der Waals surface area contributed by atoms with E-state index in [1.807, 2.05) is 31.2 Å². The van der Waals surface area contributed by atoms with Crippen LogP contribution in [-0.4, -0.2) is 23.0 Å². The maximum atomic E-state index is 12.1. The SMILES string of the molecule is COc1ccc2c(c1)C(=Cc1c(C3CC3)[nH][nH]c1=O)C(C)=N2. The molecule has 1 aliphatic carbocycles. The van der Waals surface area contributed by atoms with Gasteiger partial charge in [0.05, 0.1) is 18.4 Å². The van der Waals surface area contributed by atoms with Gasteiger partial charge in [0.25, 0.3) is 5.56 Å². The first-order valence-electron chi connectivity index (χ1n) is 7.43. The van der Waals surface area contributed by atoms with Crippen molar-refractivity contribution < 1.29 is 4.74 Å². The van der Waals surface area contributed by atoms with Gasteiger partial charge in [-0.15, -0.1) is 0 Å². The first-order chi connectivity index (χ1) is 10.7. The number of methoxy groups -OCH3 is 1. The molecule has 4 rings (SSSR count). The Labute approximate surface area is 127 Å². The van der Waals surface area contributed by atoms with E-state index >= 15 is 0 Å². The van der Waals surface area contributed by atoms with Crippen molar-refractivity contribution in [1.82, 2.24) is 10.2 Å². The normalized spacial score (nSPS) is 18.5. The van der Waals surface area contributed by atoms with Gasteiger partial charge in [-0.25, -0.2) is 0 Å². The number of aromatic nitrogens is 2. The van der Waals surface area contributed by atoms with Crippen molar-refractivity contribution in [2.75, 3.05) is 7.11 Å². The van der Waals surface area contributed by atoms with E-state index in [1.54, 1.807) is 7.11 Å². The van der Waals surface area contributed by atoms with Gasteiger partial charge in [-0.2, -0.15) is 0 Å². The fourth-order valence-electron chi connectivity index (χ4n) is 2.94. The molecule has 0 bridgehead atoms. The predicted molar refractivity (Wildman–Crippen MR) is 87.0 cm³/mol. The molecule has 2 aliphatic rings. The summed E-state index contributed by atoms with van der Waals surface area (Å²) < 4.78 is 5.30. The Kier molecular flexibility index (Phi) is 2.82. The molecule has 0 spiro atoms. The molecule has 5 heteroatoms. The minimum atomic E-state index is -0.0708. The fourth-order valence-corrected chi connectivity index (χ4v) is 2.94. The number of H-pyrrole nitrogens is 2. The van der Waals surface area contributed by atoms with Crippen molar-refractivity contribution in [2.45, 2.75) is 25.7 Å². The molecule has 0 amide bonds. The van der Waals surface area contributed by atoms with Crippen LogP contribution in [0.2, 0.25) is 0 Å². The maximum absolute atomic E-state index is 12.1. The van der Waals surface area contributed by atoms with Crippen molar-refractivity contribution in [2.24, 2.45) is 4.99 Å². The molecule has 1 aromatic heterocycles. The van der Waals surface area contributed by atoms with E-state index in [0.29, 0.717) is 5.92 Å². The lowest BCUT2D eigenvalue weighted by molar-refractivity contribution is 0.415.